The smallest absolute Gasteiger partial charge is 0.262 e. The third kappa shape index (κ3) is 3.89. The van der Waals surface area contributed by atoms with Crippen LogP contribution in [0.4, 0.5) is 13.2 Å². The van der Waals surface area contributed by atoms with Gasteiger partial charge in [0.2, 0.25) is 0 Å². The molecule has 0 unspecified atom stereocenters. The summed E-state index contributed by atoms with van der Waals surface area (Å²) in [6.07, 6.45) is -0.810. The lowest BCUT2D eigenvalue weighted by Crippen LogP contribution is -2.05. The number of aromatic nitrogens is 2. The molecular formula is C16H10ClF3N2S. The summed E-state index contributed by atoms with van der Waals surface area (Å²) < 4.78 is 38.2. The predicted molar refractivity (Wildman–Crippen MR) is 84.6 cm³/mol. The van der Waals surface area contributed by atoms with Crippen molar-refractivity contribution < 1.29 is 13.2 Å². The monoisotopic (exact) mass is 354 g/mol. The number of alkyl halides is 3. The standard InChI is InChI=1S/C16H10ClF3N2S/c17-13-6-11(7-21-8-13)14-9-23-15(22-14)5-10-2-1-3-12(4-10)16(18,19)20/h1-4,6-9H,5H2. The molecule has 0 aliphatic carbocycles. The van der Waals surface area contributed by atoms with Crippen LogP contribution in [-0.2, 0) is 12.6 Å². The Balaban J connectivity index is 1.82. The van der Waals surface area contributed by atoms with Gasteiger partial charge in [-0.3, -0.25) is 4.98 Å². The SMILES string of the molecule is FC(F)(F)c1cccc(Cc2nc(-c3cncc(Cl)c3)cs2)c1. The minimum Gasteiger partial charge on any atom is -0.262 e. The molecule has 0 fully saturated rings. The lowest BCUT2D eigenvalue weighted by Gasteiger charge is -2.07. The Bertz CT molecular complexity index is 830. The summed E-state index contributed by atoms with van der Waals surface area (Å²) in [6, 6.07) is 7.04. The second-order valence-corrected chi connectivity index (χ2v) is 6.27. The van der Waals surface area contributed by atoms with Crippen LogP contribution >= 0.6 is 22.9 Å². The van der Waals surface area contributed by atoms with Crippen LogP contribution in [0.1, 0.15) is 16.1 Å². The number of nitrogens with zero attached hydrogens (tertiary/aromatic N) is 2. The zero-order valence-corrected chi connectivity index (χ0v) is 13.2. The van der Waals surface area contributed by atoms with Gasteiger partial charge in [-0.15, -0.1) is 11.3 Å². The number of rotatable bonds is 3. The van der Waals surface area contributed by atoms with E-state index in [9.17, 15) is 13.2 Å². The topological polar surface area (TPSA) is 25.8 Å². The molecule has 0 aliphatic rings. The van der Waals surface area contributed by atoms with E-state index in [1.165, 1.54) is 23.6 Å². The van der Waals surface area contributed by atoms with E-state index in [1.54, 1.807) is 18.3 Å². The Kier molecular flexibility index (Phi) is 4.37. The van der Waals surface area contributed by atoms with Crippen LogP contribution in [0, 0.1) is 0 Å². The molecule has 0 bridgehead atoms. The first kappa shape index (κ1) is 16.0. The van der Waals surface area contributed by atoms with E-state index >= 15 is 0 Å². The highest BCUT2D eigenvalue weighted by atomic mass is 35.5. The maximum atomic E-state index is 12.7. The number of halogens is 4. The van der Waals surface area contributed by atoms with E-state index in [1.807, 2.05) is 5.38 Å². The van der Waals surface area contributed by atoms with Gasteiger partial charge in [0.25, 0.3) is 0 Å². The molecule has 0 saturated heterocycles. The highest BCUT2D eigenvalue weighted by Crippen LogP contribution is 2.30. The van der Waals surface area contributed by atoms with Gasteiger partial charge in [-0.1, -0.05) is 29.8 Å². The van der Waals surface area contributed by atoms with E-state index in [2.05, 4.69) is 9.97 Å². The lowest BCUT2D eigenvalue weighted by molar-refractivity contribution is -0.137. The van der Waals surface area contributed by atoms with E-state index in [0.717, 1.165) is 22.7 Å². The summed E-state index contributed by atoms with van der Waals surface area (Å²) in [5, 5.41) is 3.09. The van der Waals surface area contributed by atoms with Crippen LogP contribution in [0.5, 0.6) is 0 Å². The van der Waals surface area contributed by atoms with Crippen molar-refractivity contribution in [1.82, 2.24) is 9.97 Å². The number of hydrogen-bond donors (Lipinski definition) is 0. The summed E-state index contributed by atoms with van der Waals surface area (Å²) in [4.78, 5) is 8.45. The zero-order valence-electron chi connectivity index (χ0n) is 11.6. The minimum atomic E-state index is -4.34. The Morgan fingerprint density at radius 1 is 1.13 bits per heavy atom. The summed E-state index contributed by atoms with van der Waals surface area (Å²) in [5.74, 6) is 0. The van der Waals surface area contributed by atoms with Crippen molar-refractivity contribution in [3.8, 4) is 11.3 Å². The average Bonchev–Trinajstić information content (AvgIpc) is 2.95. The molecule has 0 saturated carbocycles. The van der Waals surface area contributed by atoms with Crippen molar-refractivity contribution in [3.05, 3.63) is 69.3 Å². The Hall–Kier alpha value is -1.92. The van der Waals surface area contributed by atoms with Crippen molar-refractivity contribution in [3.63, 3.8) is 0 Å². The Morgan fingerprint density at radius 2 is 1.96 bits per heavy atom. The van der Waals surface area contributed by atoms with Crippen molar-refractivity contribution >= 4 is 22.9 Å². The minimum absolute atomic E-state index is 0.350. The number of pyridine rings is 1. The second-order valence-electron chi connectivity index (χ2n) is 4.89. The summed E-state index contributed by atoms with van der Waals surface area (Å²) in [5.41, 5.74) is 1.42. The zero-order chi connectivity index (χ0) is 16.4. The molecule has 2 aromatic heterocycles. The van der Waals surface area contributed by atoms with Gasteiger partial charge >= 0.3 is 6.18 Å². The molecule has 0 aliphatic heterocycles. The van der Waals surface area contributed by atoms with Crippen LogP contribution in [0.25, 0.3) is 11.3 Å². The average molecular weight is 355 g/mol. The van der Waals surface area contributed by atoms with Gasteiger partial charge in [-0.05, 0) is 17.7 Å². The molecule has 1 aromatic carbocycles. The number of benzene rings is 1. The summed E-state index contributed by atoms with van der Waals surface area (Å²) in [6.45, 7) is 0. The molecule has 0 atom stereocenters. The highest BCUT2D eigenvalue weighted by molar-refractivity contribution is 7.10. The quantitative estimate of drug-likeness (QED) is 0.623. The van der Waals surface area contributed by atoms with Crippen LogP contribution in [0.15, 0.2) is 48.1 Å². The van der Waals surface area contributed by atoms with E-state index in [-0.39, 0.29) is 0 Å². The lowest BCUT2D eigenvalue weighted by atomic mass is 10.1. The third-order valence-electron chi connectivity index (χ3n) is 3.16. The normalized spacial score (nSPS) is 11.7. The Labute approximate surface area is 139 Å². The number of hydrogen-bond acceptors (Lipinski definition) is 3. The van der Waals surface area contributed by atoms with Gasteiger partial charge in [0.05, 0.1) is 21.3 Å². The molecule has 0 spiro atoms. The fourth-order valence-corrected chi connectivity index (χ4v) is 3.12. The molecule has 118 valence electrons. The Morgan fingerprint density at radius 3 is 2.70 bits per heavy atom. The van der Waals surface area contributed by atoms with E-state index in [0.29, 0.717) is 22.7 Å². The van der Waals surface area contributed by atoms with Crippen LogP contribution in [0.2, 0.25) is 5.02 Å². The van der Waals surface area contributed by atoms with Crippen molar-refractivity contribution in [1.29, 1.82) is 0 Å². The van der Waals surface area contributed by atoms with E-state index in [4.69, 9.17) is 11.6 Å². The fraction of sp³-hybridized carbons (Fsp3) is 0.125. The first-order chi connectivity index (χ1) is 10.9. The molecule has 2 heterocycles. The second kappa shape index (κ2) is 6.29. The first-order valence-corrected chi connectivity index (χ1v) is 7.89. The maximum absolute atomic E-state index is 12.7. The van der Waals surface area contributed by atoms with Crippen LogP contribution < -0.4 is 0 Å². The molecule has 0 radical (unpaired) electrons. The molecular weight excluding hydrogens is 345 g/mol. The molecule has 0 amide bonds. The van der Waals surface area contributed by atoms with Crippen LogP contribution in [-0.4, -0.2) is 9.97 Å². The molecule has 2 nitrogen and oxygen atoms in total. The maximum Gasteiger partial charge on any atom is 0.416 e. The van der Waals surface area contributed by atoms with Crippen molar-refractivity contribution in [2.24, 2.45) is 0 Å². The molecule has 0 N–H and O–H groups in total. The largest absolute Gasteiger partial charge is 0.416 e. The molecule has 3 aromatic rings. The van der Waals surface area contributed by atoms with Gasteiger partial charge in [0, 0.05) is 29.8 Å². The molecule has 23 heavy (non-hydrogen) atoms. The fourth-order valence-electron chi connectivity index (χ4n) is 2.11. The number of thiazole rings is 1. The highest BCUT2D eigenvalue weighted by Gasteiger charge is 2.30. The predicted octanol–water partition coefficient (Wildman–Crippen LogP) is 5.47. The van der Waals surface area contributed by atoms with Gasteiger partial charge in [0.15, 0.2) is 0 Å². The van der Waals surface area contributed by atoms with Crippen molar-refractivity contribution in [2.45, 2.75) is 12.6 Å². The van der Waals surface area contributed by atoms with E-state index < -0.39 is 11.7 Å². The third-order valence-corrected chi connectivity index (χ3v) is 4.22. The van der Waals surface area contributed by atoms with Crippen LogP contribution in [0.3, 0.4) is 0 Å². The van der Waals surface area contributed by atoms with Gasteiger partial charge in [-0.25, -0.2) is 4.98 Å². The first-order valence-electron chi connectivity index (χ1n) is 6.63. The van der Waals surface area contributed by atoms with Gasteiger partial charge in [-0.2, -0.15) is 13.2 Å². The van der Waals surface area contributed by atoms with Gasteiger partial charge < -0.3 is 0 Å². The molecule has 3 rings (SSSR count). The summed E-state index contributed by atoms with van der Waals surface area (Å²) >= 11 is 7.29. The van der Waals surface area contributed by atoms with Gasteiger partial charge in [0.1, 0.15) is 0 Å². The molecule has 7 heteroatoms. The van der Waals surface area contributed by atoms with Crippen molar-refractivity contribution in [2.75, 3.05) is 0 Å². The summed E-state index contributed by atoms with van der Waals surface area (Å²) in [7, 11) is 0.